The normalized spacial score (nSPS) is 11.2. The van der Waals surface area contributed by atoms with Crippen LogP contribution in [0.2, 0.25) is 0 Å². The van der Waals surface area contributed by atoms with Gasteiger partial charge in [0.1, 0.15) is 5.82 Å². The molecular formula is C14H17N5O6. The molecule has 0 aliphatic carbocycles. The summed E-state index contributed by atoms with van der Waals surface area (Å²) in [5, 5.41) is 19.6. The monoisotopic (exact) mass is 351 g/mol. The minimum atomic E-state index is -1.22. The highest BCUT2D eigenvalue weighted by molar-refractivity contribution is 5.90. The van der Waals surface area contributed by atoms with E-state index in [1.807, 2.05) is 0 Å². The van der Waals surface area contributed by atoms with Crippen molar-refractivity contribution in [2.45, 2.75) is 26.3 Å². The molecule has 0 saturated carbocycles. The maximum atomic E-state index is 12.2. The van der Waals surface area contributed by atoms with Gasteiger partial charge < -0.3 is 19.6 Å². The van der Waals surface area contributed by atoms with E-state index in [4.69, 9.17) is 4.42 Å². The fourth-order valence-corrected chi connectivity index (χ4v) is 2.17. The van der Waals surface area contributed by atoms with Gasteiger partial charge in [-0.05, 0) is 13.8 Å². The Morgan fingerprint density at radius 3 is 2.48 bits per heavy atom. The van der Waals surface area contributed by atoms with Crippen LogP contribution in [0.1, 0.15) is 46.7 Å². The zero-order valence-electron chi connectivity index (χ0n) is 14.3. The van der Waals surface area contributed by atoms with Crippen LogP contribution in [0.4, 0.5) is 0 Å². The van der Waals surface area contributed by atoms with Gasteiger partial charge in [-0.25, -0.2) is 9.78 Å². The van der Waals surface area contributed by atoms with Crippen LogP contribution in [0.25, 0.3) is 0 Å². The van der Waals surface area contributed by atoms with E-state index in [2.05, 4.69) is 25.2 Å². The first-order chi connectivity index (χ1) is 11.6. The van der Waals surface area contributed by atoms with Crippen LogP contribution in [0.5, 0.6) is 5.75 Å². The molecule has 0 radical (unpaired) electrons. The van der Waals surface area contributed by atoms with Crippen LogP contribution >= 0.6 is 0 Å². The quantitative estimate of drug-likeness (QED) is 0.703. The maximum absolute atomic E-state index is 12.2. The Balaban J connectivity index is 2.48. The molecule has 0 fully saturated rings. The number of hydrogen-bond donors (Lipinski definition) is 2. The summed E-state index contributed by atoms with van der Waals surface area (Å²) >= 11 is 0. The van der Waals surface area contributed by atoms with E-state index >= 15 is 0 Å². The molecular weight excluding hydrogens is 334 g/mol. The molecule has 11 nitrogen and oxygen atoms in total. The van der Waals surface area contributed by atoms with Gasteiger partial charge in [-0.2, -0.15) is 0 Å². The molecule has 134 valence electrons. The van der Waals surface area contributed by atoms with Gasteiger partial charge in [-0.1, -0.05) is 0 Å². The third-order valence-electron chi connectivity index (χ3n) is 3.35. The minimum Gasteiger partial charge on any atom is -0.501 e. The molecule has 0 bridgehead atoms. The lowest BCUT2D eigenvalue weighted by molar-refractivity contribution is 0.0588. The Bertz CT molecular complexity index is 898. The summed E-state index contributed by atoms with van der Waals surface area (Å²) in [6.45, 7) is 4.63. The third kappa shape index (κ3) is 3.34. The zero-order valence-corrected chi connectivity index (χ0v) is 14.3. The Labute approximate surface area is 141 Å². The van der Waals surface area contributed by atoms with Crippen molar-refractivity contribution in [3.63, 3.8) is 0 Å². The summed E-state index contributed by atoms with van der Waals surface area (Å²) in [6, 6.07) is 0. The van der Waals surface area contributed by atoms with E-state index in [1.54, 1.807) is 13.8 Å². The van der Waals surface area contributed by atoms with E-state index < -0.39 is 34.4 Å². The Hall–Kier alpha value is -3.24. The van der Waals surface area contributed by atoms with Crippen LogP contribution in [-0.4, -0.2) is 43.8 Å². The summed E-state index contributed by atoms with van der Waals surface area (Å²) in [5.74, 6) is -2.54. The van der Waals surface area contributed by atoms with E-state index in [-0.39, 0.29) is 17.6 Å². The number of carbonyl (C=O) groups is 2. The molecule has 2 rings (SSSR count). The molecule has 0 aliphatic rings. The smallest absolute Gasteiger partial charge is 0.360 e. The fourth-order valence-electron chi connectivity index (χ4n) is 2.17. The van der Waals surface area contributed by atoms with Crippen molar-refractivity contribution in [2.24, 2.45) is 7.05 Å². The number of nitrogens with zero attached hydrogens (tertiary/aromatic N) is 4. The zero-order chi connectivity index (χ0) is 18.9. The van der Waals surface area contributed by atoms with Crippen molar-refractivity contribution in [3.8, 4) is 5.75 Å². The molecule has 0 aliphatic heterocycles. The average Bonchev–Trinajstić information content (AvgIpc) is 2.98. The minimum absolute atomic E-state index is 0.0142. The first kappa shape index (κ1) is 18.1. The van der Waals surface area contributed by atoms with E-state index in [1.165, 1.54) is 14.0 Å². The van der Waals surface area contributed by atoms with Crippen LogP contribution < -0.4 is 10.9 Å². The van der Waals surface area contributed by atoms with Gasteiger partial charge in [0.05, 0.1) is 12.6 Å². The number of aromatic hydroxyl groups is 1. The fraction of sp³-hybridized carbons (Fsp3) is 0.429. The van der Waals surface area contributed by atoms with E-state index in [0.717, 1.165) is 11.7 Å². The standard InChI is InChI=1S/C14H17N5O6/c1-6-17-18-10(25-6)9(21)16-14(2,3)13-15-7(12(23)24-5)8(20)11(22)19(13)4/h20H,1-5H3,(H,16,21). The van der Waals surface area contributed by atoms with E-state index in [9.17, 15) is 19.5 Å². The number of nitrogens with one attached hydrogen (secondary N) is 1. The number of carbonyl (C=O) groups excluding carboxylic acids is 2. The largest absolute Gasteiger partial charge is 0.501 e. The van der Waals surface area contributed by atoms with Gasteiger partial charge in [0.2, 0.25) is 11.6 Å². The molecule has 0 atom stereocenters. The summed E-state index contributed by atoms with van der Waals surface area (Å²) in [4.78, 5) is 40.1. The lowest BCUT2D eigenvalue weighted by Crippen LogP contribution is -2.45. The van der Waals surface area contributed by atoms with Crippen molar-refractivity contribution in [1.82, 2.24) is 25.1 Å². The highest BCUT2D eigenvalue weighted by Crippen LogP contribution is 2.20. The average molecular weight is 351 g/mol. The number of aryl methyl sites for hydroxylation is 1. The molecule has 2 aromatic heterocycles. The van der Waals surface area contributed by atoms with Crippen molar-refractivity contribution >= 4 is 11.9 Å². The number of aromatic nitrogens is 4. The number of hydrogen-bond acceptors (Lipinski definition) is 9. The highest BCUT2D eigenvalue weighted by atomic mass is 16.5. The molecule has 0 unspecified atom stereocenters. The highest BCUT2D eigenvalue weighted by Gasteiger charge is 2.32. The van der Waals surface area contributed by atoms with Gasteiger partial charge in [0, 0.05) is 14.0 Å². The molecule has 0 spiro atoms. The second kappa shape index (κ2) is 6.34. The van der Waals surface area contributed by atoms with Crippen molar-refractivity contribution < 1.29 is 23.8 Å². The summed E-state index contributed by atoms with van der Waals surface area (Å²) in [7, 11) is 2.43. The number of methoxy groups -OCH3 is 1. The topological polar surface area (TPSA) is 149 Å². The molecule has 11 heteroatoms. The second-order valence-electron chi connectivity index (χ2n) is 5.69. The van der Waals surface area contributed by atoms with Crippen LogP contribution in [0.3, 0.4) is 0 Å². The number of esters is 1. The first-order valence-corrected chi connectivity index (χ1v) is 7.10. The van der Waals surface area contributed by atoms with Crippen molar-refractivity contribution in [2.75, 3.05) is 7.11 Å². The maximum Gasteiger partial charge on any atom is 0.360 e. The lowest BCUT2D eigenvalue weighted by atomic mass is 10.0. The van der Waals surface area contributed by atoms with Gasteiger partial charge >= 0.3 is 17.8 Å². The molecule has 0 aromatic carbocycles. The number of ether oxygens (including phenoxy) is 1. The first-order valence-electron chi connectivity index (χ1n) is 7.10. The summed E-state index contributed by atoms with van der Waals surface area (Å²) < 4.78 is 10.6. The SMILES string of the molecule is COC(=O)c1nc(C(C)(C)NC(=O)c2nnc(C)o2)n(C)c(=O)c1O. The third-order valence-corrected chi connectivity index (χ3v) is 3.35. The molecule has 2 N–H and O–H groups in total. The Kier molecular flexibility index (Phi) is 4.59. The molecule has 0 saturated heterocycles. The molecule has 2 heterocycles. The number of rotatable bonds is 4. The van der Waals surface area contributed by atoms with Gasteiger partial charge in [-0.15, -0.1) is 10.2 Å². The lowest BCUT2D eigenvalue weighted by Gasteiger charge is -2.27. The Morgan fingerprint density at radius 1 is 1.32 bits per heavy atom. The van der Waals surface area contributed by atoms with Gasteiger partial charge in [-0.3, -0.25) is 14.2 Å². The Morgan fingerprint density at radius 2 is 1.96 bits per heavy atom. The summed E-state index contributed by atoms with van der Waals surface area (Å²) in [5.41, 5.74) is -2.62. The summed E-state index contributed by atoms with van der Waals surface area (Å²) in [6.07, 6.45) is 0. The van der Waals surface area contributed by atoms with Gasteiger partial charge in [0.15, 0.2) is 5.69 Å². The van der Waals surface area contributed by atoms with Crippen LogP contribution in [0.15, 0.2) is 9.21 Å². The number of amides is 1. The van der Waals surface area contributed by atoms with Gasteiger partial charge in [0.25, 0.3) is 5.56 Å². The molecule has 2 aromatic rings. The van der Waals surface area contributed by atoms with E-state index in [0.29, 0.717) is 0 Å². The van der Waals surface area contributed by atoms with Crippen molar-refractivity contribution in [1.29, 1.82) is 0 Å². The predicted octanol–water partition coefficient (Wildman–Crippen LogP) is -0.371. The second-order valence-corrected chi connectivity index (χ2v) is 5.69. The predicted molar refractivity (Wildman–Crippen MR) is 82.0 cm³/mol. The molecule has 1 amide bonds. The van der Waals surface area contributed by atoms with Crippen LogP contribution in [0, 0.1) is 6.92 Å². The van der Waals surface area contributed by atoms with Crippen molar-refractivity contribution in [3.05, 3.63) is 33.7 Å². The van der Waals surface area contributed by atoms with Crippen LogP contribution in [-0.2, 0) is 17.3 Å². The molecule has 25 heavy (non-hydrogen) atoms.